The molecule has 1 saturated carbocycles. The number of hydrogen-bond donors (Lipinski definition) is 2. The van der Waals surface area contributed by atoms with Crippen molar-refractivity contribution in [3.05, 3.63) is 11.9 Å². The van der Waals surface area contributed by atoms with Crippen molar-refractivity contribution in [1.82, 2.24) is 9.91 Å². The van der Waals surface area contributed by atoms with Crippen LogP contribution in [0.15, 0.2) is 11.9 Å². The Morgan fingerprint density at radius 3 is 2.18 bits per heavy atom. The van der Waals surface area contributed by atoms with Crippen LogP contribution in [-0.2, 0) is 4.79 Å². The third-order valence-electron chi connectivity index (χ3n) is 4.83. The molecule has 1 heterocycles. The summed E-state index contributed by atoms with van der Waals surface area (Å²) in [5.74, 6) is 6.53. The average molecular weight is 310 g/mol. The van der Waals surface area contributed by atoms with Crippen LogP contribution >= 0.6 is 0 Å². The minimum Gasteiger partial charge on any atom is -0.400 e. The first-order chi connectivity index (χ1) is 10.3. The van der Waals surface area contributed by atoms with Crippen molar-refractivity contribution in [3.8, 4) is 0 Å². The van der Waals surface area contributed by atoms with Gasteiger partial charge in [0.05, 0.1) is 0 Å². The summed E-state index contributed by atoms with van der Waals surface area (Å²) in [6.07, 6.45) is 6.54. The Balaban J connectivity index is 0.00000116. The van der Waals surface area contributed by atoms with Gasteiger partial charge >= 0.3 is 0 Å². The van der Waals surface area contributed by atoms with Crippen molar-refractivity contribution in [3.63, 3.8) is 0 Å². The van der Waals surface area contributed by atoms with Gasteiger partial charge < -0.3 is 15.6 Å². The number of hydrogen-bond acceptors (Lipinski definition) is 4. The fourth-order valence-electron chi connectivity index (χ4n) is 3.01. The third-order valence-corrected chi connectivity index (χ3v) is 4.83. The molecule has 0 aromatic heterocycles. The minimum absolute atomic E-state index is 0.119. The first-order valence-electron chi connectivity index (χ1n) is 8.54. The highest BCUT2D eigenvalue weighted by Gasteiger charge is 2.32. The van der Waals surface area contributed by atoms with Gasteiger partial charge in [-0.15, -0.1) is 0 Å². The van der Waals surface area contributed by atoms with Gasteiger partial charge in [-0.2, -0.15) is 0 Å². The molecule has 1 amide bonds. The molecule has 128 valence electrons. The maximum Gasteiger partial charge on any atom is 0.219 e. The van der Waals surface area contributed by atoms with Crippen LogP contribution in [0.5, 0.6) is 0 Å². The number of likely N-dealkylation sites (tertiary alicyclic amines) is 1. The van der Waals surface area contributed by atoms with E-state index in [2.05, 4.69) is 13.8 Å². The SMILES string of the molecule is CC.CC(=O)N1CC(/C(N)=C/N(N)C2CCC(C)(C)CC2)C1. The van der Waals surface area contributed by atoms with Crippen molar-refractivity contribution >= 4 is 5.91 Å². The summed E-state index contributed by atoms with van der Waals surface area (Å²) in [7, 11) is 0. The average Bonchev–Trinajstić information content (AvgIpc) is 2.38. The summed E-state index contributed by atoms with van der Waals surface area (Å²) in [6.45, 7) is 11.7. The van der Waals surface area contributed by atoms with Gasteiger partial charge in [0.2, 0.25) is 5.91 Å². The van der Waals surface area contributed by atoms with Crippen molar-refractivity contribution in [2.24, 2.45) is 22.9 Å². The molecule has 2 fully saturated rings. The van der Waals surface area contributed by atoms with Crippen molar-refractivity contribution < 1.29 is 4.79 Å². The van der Waals surface area contributed by atoms with Crippen molar-refractivity contribution in [2.75, 3.05) is 13.1 Å². The van der Waals surface area contributed by atoms with Gasteiger partial charge in [0.25, 0.3) is 0 Å². The maximum absolute atomic E-state index is 11.2. The molecule has 0 atom stereocenters. The lowest BCUT2D eigenvalue weighted by Gasteiger charge is -2.40. The zero-order valence-corrected chi connectivity index (χ0v) is 14.9. The van der Waals surface area contributed by atoms with E-state index in [0.717, 1.165) is 31.6 Å². The lowest BCUT2D eigenvalue weighted by atomic mass is 9.75. The van der Waals surface area contributed by atoms with Crippen LogP contribution in [0, 0.1) is 11.3 Å². The summed E-state index contributed by atoms with van der Waals surface area (Å²) in [5, 5.41) is 1.79. The van der Waals surface area contributed by atoms with E-state index in [1.807, 2.05) is 20.0 Å². The molecule has 0 spiro atoms. The smallest absolute Gasteiger partial charge is 0.219 e. The number of carbonyl (C=O) groups is 1. The second kappa shape index (κ2) is 7.86. The maximum atomic E-state index is 11.2. The first-order valence-corrected chi connectivity index (χ1v) is 8.54. The standard InChI is InChI=1S/C15H28N4O.C2H6/c1-11(20)18-8-12(9-18)14(16)10-19(17)13-4-6-15(2,3)7-5-13;1-2/h10,12-13H,4-9,16-17H2,1-3H3;1-2H3/b14-10-;. The quantitative estimate of drug-likeness (QED) is 0.620. The summed E-state index contributed by atoms with van der Waals surface area (Å²) >= 11 is 0. The summed E-state index contributed by atoms with van der Waals surface area (Å²) < 4.78 is 0. The number of amides is 1. The van der Waals surface area contributed by atoms with Crippen LogP contribution in [-0.4, -0.2) is 34.9 Å². The molecule has 2 rings (SSSR count). The van der Waals surface area contributed by atoms with Gasteiger partial charge in [-0.1, -0.05) is 27.7 Å². The summed E-state index contributed by atoms with van der Waals surface area (Å²) in [4.78, 5) is 13.0. The fourth-order valence-corrected chi connectivity index (χ4v) is 3.01. The highest BCUT2D eigenvalue weighted by atomic mass is 16.2. The van der Waals surface area contributed by atoms with Crippen LogP contribution < -0.4 is 11.6 Å². The molecule has 1 aliphatic carbocycles. The zero-order valence-electron chi connectivity index (χ0n) is 14.9. The molecule has 5 nitrogen and oxygen atoms in total. The molecule has 0 radical (unpaired) electrons. The number of hydrazine groups is 1. The second-order valence-corrected chi connectivity index (χ2v) is 7.09. The van der Waals surface area contributed by atoms with E-state index in [1.165, 1.54) is 12.8 Å². The Labute approximate surface area is 135 Å². The van der Waals surface area contributed by atoms with E-state index in [-0.39, 0.29) is 11.8 Å². The Kier molecular flexibility index (Phi) is 6.72. The van der Waals surface area contributed by atoms with Gasteiger partial charge in [-0.25, -0.2) is 5.84 Å². The van der Waals surface area contributed by atoms with E-state index in [4.69, 9.17) is 11.6 Å². The minimum atomic E-state index is 0.119. The van der Waals surface area contributed by atoms with Crippen LogP contribution in [0.2, 0.25) is 0 Å². The topological polar surface area (TPSA) is 75.6 Å². The number of nitrogens with two attached hydrogens (primary N) is 2. The van der Waals surface area contributed by atoms with Crippen LogP contribution in [0.1, 0.15) is 60.3 Å². The van der Waals surface area contributed by atoms with Crippen LogP contribution in [0.3, 0.4) is 0 Å². The Morgan fingerprint density at radius 2 is 1.73 bits per heavy atom. The first kappa shape index (κ1) is 18.8. The molecular weight excluding hydrogens is 276 g/mol. The molecule has 0 aromatic carbocycles. The number of carbonyl (C=O) groups excluding carboxylic acids is 1. The third kappa shape index (κ3) is 4.90. The van der Waals surface area contributed by atoms with E-state index in [1.54, 1.807) is 16.8 Å². The number of rotatable bonds is 3. The van der Waals surface area contributed by atoms with Crippen LogP contribution in [0.25, 0.3) is 0 Å². The molecule has 0 bridgehead atoms. The highest BCUT2D eigenvalue weighted by Crippen LogP contribution is 2.36. The largest absolute Gasteiger partial charge is 0.400 e. The zero-order chi connectivity index (χ0) is 16.9. The summed E-state index contributed by atoms with van der Waals surface area (Å²) in [6, 6.07) is 0.394. The van der Waals surface area contributed by atoms with E-state index < -0.39 is 0 Å². The van der Waals surface area contributed by atoms with Crippen molar-refractivity contribution in [2.45, 2.75) is 66.3 Å². The molecule has 22 heavy (non-hydrogen) atoms. The Morgan fingerprint density at radius 1 is 1.23 bits per heavy atom. The van der Waals surface area contributed by atoms with Crippen molar-refractivity contribution in [1.29, 1.82) is 0 Å². The molecule has 0 aromatic rings. The van der Waals surface area contributed by atoms with Gasteiger partial charge in [-0.3, -0.25) is 4.79 Å². The summed E-state index contributed by atoms with van der Waals surface area (Å²) in [5.41, 5.74) is 7.35. The van der Waals surface area contributed by atoms with Gasteiger partial charge in [0.1, 0.15) is 0 Å². The predicted molar refractivity (Wildman–Crippen MR) is 91.4 cm³/mol. The van der Waals surface area contributed by atoms with E-state index >= 15 is 0 Å². The normalized spacial score (nSPS) is 22.5. The molecule has 1 aliphatic heterocycles. The lowest BCUT2D eigenvalue weighted by Crippen LogP contribution is -2.51. The van der Waals surface area contributed by atoms with E-state index in [9.17, 15) is 4.79 Å². The molecule has 5 heteroatoms. The fraction of sp³-hybridized carbons (Fsp3) is 0.824. The second-order valence-electron chi connectivity index (χ2n) is 7.09. The molecule has 0 unspecified atom stereocenters. The molecule has 1 saturated heterocycles. The van der Waals surface area contributed by atoms with Gasteiger partial charge in [0, 0.05) is 43.9 Å². The number of nitrogens with zero attached hydrogens (tertiary/aromatic N) is 2. The molecule has 2 aliphatic rings. The monoisotopic (exact) mass is 310 g/mol. The Hall–Kier alpha value is -1.23. The van der Waals surface area contributed by atoms with Gasteiger partial charge in [0.15, 0.2) is 0 Å². The molecule has 4 N–H and O–H groups in total. The highest BCUT2D eigenvalue weighted by molar-refractivity contribution is 5.74. The van der Waals surface area contributed by atoms with Gasteiger partial charge in [-0.05, 0) is 31.1 Å². The van der Waals surface area contributed by atoms with Crippen LogP contribution in [0.4, 0.5) is 0 Å². The van der Waals surface area contributed by atoms with E-state index in [0.29, 0.717) is 11.5 Å². The Bertz CT molecular complexity index is 389. The lowest BCUT2D eigenvalue weighted by molar-refractivity contribution is -0.134. The predicted octanol–water partition coefficient (Wildman–Crippen LogP) is 2.44. The molecular formula is C17H34N4O.